The Labute approximate surface area is 81.3 Å². The maximum Gasteiger partial charge on any atom is 0.418 e. The van der Waals surface area contributed by atoms with Crippen molar-refractivity contribution < 1.29 is 19.1 Å². The van der Waals surface area contributed by atoms with Crippen molar-refractivity contribution in [3.05, 3.63) is 0 Å². The highest BCUT2D eigenvalue weighted by Gasteiger charge is 2.16. The summed E-state index contributed by atoms with van der Waals surface area (Å²) in [7, 11) is 1.23. The van der Waals surface area contributed by atoms with Crippen LogP contribution >= 0.6 is 11.9 Å². The summed E-state index contributed by atoms with van der Waals surface area (Å²) < 4.78 is 11.3. The van der Waals surface area contributed by atoms with Gasteiger partial charge in [-0.15, -0.1) is 0 Å². The van der Waals surface area contributed by atoms with E-state index in [1.807, 2.05) is 0 Å². The van der Waals surface area contributed by atoms with Crippen LogP contribution in [0.1, 0.15) is 20.8 Å². The number of methoxy groups -OCH3 is 1. The van der Waals surface area contributed by atoms with E-state index in [4.69, 9.17) is 4.74 Å². The fourth-order valence-electron chi connectivity index (χ4n) is 0.424. The van der Waals surface area contributed by atoms with Crippen LogP contribution in [-0.2, 0) is 9.47 Å². The van der Waals surface area contributed by atoms with Gasteiger partial charge in [0, 0.05) is 0 Å². The van der Waals surface area contributed by atoms with Gasteiger partial charge in [-0.1, -0.05) is 0 Å². The highest BCUT2D eigenvalue weighted by molar-refractivity contribution is 8.12. The summed E-state index contributed by atoms with van der Waals surface area (Å²) in [6, 6.07) is 0. The second kappa shape index (κ2) is 4.96. The van der Waals surface area contributed by atoms with Crippen LogP contribution in [0.25, 0.3) is 0 Å². The summed E-state index contributed by atoms with van der Waals surface area (Å²) in [5.74, 6) is 0. The van der Waals surface area contributed by atoms with Gasteiger partial charge in [0.05, 0.1) is 19.1 Å². The molecule has 0 aliphatic rings. The van der Waals surface area contributed by atoms with Crippen molar-refractivity contribution in [2.45, 2.75) is 26.4 Å². The largest absolute Gasteiger partial charge is 0.460 e. The Hall–Kier alpha value is -0.910. The Kier molecular flexibility index (Phi) is 4.61. The van der Waals surface area contributed by atoms with Gasteiger partial charge in [-0.05, 0) is 20.8 Å². The van der Waals surface area contributed by atoms with Gasteiger partial charge in [0.2, 0.25) is 0 Å². The molecule has 0 aromatic carbocycles. The number of carbonyl (C=O) groups is 2. The lowest BCUT2D eigenvalue weighted by Crippen LogP contribution is -2.29. The molecule has 13 heavy (non-hydrogen) atoms. The number of hydrogen-bond acceptors (Lipinski definition) is 5. The summed E-state index contributed by atoms with van der Waals surface area (Å²) in [5, 5.41) is -0.592. The molecule has 0 unspecified atom stereocenters. The van der Waals surface area contributed by atoms with E-state index in [2.05, 4.69) is 9.46 Å². The molecule has 0 aromatic heterocycles. The highest BCUT2D eigenvalue weighted by atomic mass is 32.2. The number of ether oxygens (including phenoxy) is 2. The van der Waals surface area contributed by atoms with E-state index in [9.17, 15) is 9.59 Å². The number of carbonyl (C=O) groups excluding carboxylic acids is 2. The van der Waals surface area contributed by atoms with E-state index in [0.29, 0.717) is 11.9 Å². The molecular formula is C7H13NO4S. The molecule has 0 aromatic rings. The molecule has 0 atom stereocenters. The molecule has 1 amide bonds. The summed E-state index contributed by atoms with van der Waals surface area (Å²) >= 11 is 0.540. The molecule has 6 heteroatoms. The van der Waals surface area contributed by atoms with Gasteiger partial charge < -0.3 is 9.47 Å². The zero-order valence-corrected chi connectivity index (χ0v) is 8.86. The first kappa shape index (κ1) is 12.1. The van der Waals surface area contributed by atoms with E-state index < -0.39 is 17.0 Å². The van der Waals surface area contributed by atoms with Crippen LogP contribution in [0.5, 0.6) is 0 Å². The molecule has 0 saturated heterocycles. The Balaban J connectivity index is 3.71. The SMILES string of the molecule is COC(=O)SNC(=O)OC(C)(C)C. The number of rotatable bonds is 0. The third-order valence-corrected chi connectivity index (χ3v) is 1.39. The average molecular weight is 207 g/mol. The first-order valence-electron chi connectivity index (χ1n) is 3.59. The van der Waals surface area contributed by atoms with Gasteiger partial charge in [0.15, 0.2) is 0 Å². The molecule has 0 bridgehead atoms. The van der Waals surface area contributed by atoms with Gasteiger partial charge in [-0.2, -0.15) is 0 Å². The van der Waals surface area contributed by atoms with Crippen LogP contribution in [0.2, 0.25) is 0 Å². The molecule has 0 heterocycles. The smallest absolute Gasteiger partial charge is 0.418 e. The third kappa shape index (κ3) is 7.45. The van der Waals surface area contributed by atoms with Crippen LogP contribution in [0, 0.1) is 0 Å². The molecule has 0 spiro atoms. The van der Waals surface area contributed by atoms with Crippen molar-refractivity contribution in [3.63, 3.8) is 0 Å². The van der Waals surface area contributed by atoms with Crippen molar-refractivity contribution in [1.29, 1.82) is 0 Å². The van der Waals surface area contributed by atoms with E-state index in [-0.39, 0.29) is 0 Å². The minimum atomic E-state index is -0.664. The van der Waals surface area contributed by atoms with E-state index in [0.717, 1.165) is 0 Å². The summed E-state index contributed by atoms with van der Waals surface area (Å²) in [4.78, 5) is 21.5. The molecule has 0 fully saturated rings. The second-order valence-corrected chi connectivity index (χ2v) is 3.90. The summed E-state index contributed by atoms with van der Waals surface area (Å²) in [6.07, 6.45) is -0.664. The van der Waals surface area contributed by atoms with E-state index in [1.54, 1.807) is 20.8 Å². The lowest BCUT2D eigenvalue weighted by molar-refractivity contribution is 0.0574. The van der Waals surface area contributed by atoms with Crippen LogP contribution in [0.3, 0.4) is 0 Å². The Morgan fingerprint density at radius 2 is 1.85 bits per heavy atom. The Morgan fingerprint density at radius 1 is 1.31 bits per heavy atom. The predicted molar refractivity (Wildman–Crippen MR) is 49.4 cm³/mol. The molecule has 0 rings (SSSR count). The van der Waals surface area contributed by atoms with Crippen molar-refractivity contribution in [2.75, 3.05) is 7.11 Å². The van der Waals surface area contributed by atoms with Gasteiger partial charge >= 0.3 is 11.4 Å². The van der Waals surface area contributed by atoms with Crippen LogP contribution in [-0.4, -0.2) is 24.1 Å². The molecule has 1 N–H and O–H groups in total. The fourth-order valence-corrected chi connectivity index (χ4v) is 0.716. The Bertz CT molecular complexity index is 199. The van der Waals surface area contributed by atoms with E-state index in [1.165, 1.54) is 7.11 Å². The molecule has 76 valence electrons. The number of amides is 1. The lowest BCUT2D eigenvalue weighted by atomic mass is 10.2. The standard InChI is InChI=1S/C7H13NO4S/c1-7(2,3)12-5(9)8-13-6(10)11-4/h1-4H3,(H,8,9). The first-order chi connectivity index (χ1) is 5.85. The maximum absolute atomic E-state index is 10.9. The molecule has 0 saturated carbocycles. The topological polar surface area (TPSA) is 64.6 Å². The summed E-state index contributed by atoms with van der Waals surface area (Å²) in [5.41, 5.74) is -0.569. The highest BCUT2D eigenvalue weighted by Crippen LogP contribution is 2.08. The molecule has 0 radical (unpaired) electrons. The normalized spacial score (nSPS) is 10.5. The first-order valence-corrected chi connectivity index (χ1v) is 4.40. The average Bonchev–Trinajstić information content (AvgIpc) is 1.97. The minimum Gasteiger partial charge on any atom is -0.460 e. The fraction of sp³-hybridized carbons (Fsp3) is 0.714. The number of nitrogens with one attached hydrogen (secondary N) is 1. The maximum atomic E-state index is 10.9. The van der Waals surface area contributed by atoms with E-state index >= 15 is 0 Å². The Morgan fingerprint density at radius 3 is 2.23 bits per heavy atom. The zero-order valence-electron chi connectivity index (χ0n) is 8.04. The van der Waals surface area contributed by atoms with Crippen LogP contribution in [0.4, 0.5) is 9.59 Å². The van der Waals surface area contributed by atoms with Crippen LogP contribution in [0.15, 0.2) is 0 Å². The molecule has 5 nitrogen and oxygen atoms in total. The van der Waals surface area contributed by atoms with Gasteiger partial charge in [0.25, 0.3) is 0 Å². The molecule has 0 aliphatic heterocycles. The minimum absolute atomic E-state index is 0.540. The van der Waals surface area contributed by atoms with Crippen molar-refractivity contribution >= 4 is 23.3 Å². The zero-order chi connectivity index (χ0) is 10.5. The lowest BCUT2D eigenvalue weighted by Gasteiger charge is -2.18. The quantitative estimate of drug-likeness (QED) is 0.485. The number of hydrogen-bond donors (Lipinski definition) is 1. The van der Waals surface area contributed by atoms with Crippen LogP contribution < -0.4 is 4.72 Å². The molecular weight excluding hydrogens is 194 g/mol. The second-order valence-electron chi connectivity index (χ2n) is 3.16. The van der Waals surface area contributed by atoms with Gasteiger partial charge in [0.1, 0.15) is 5.60 Å². The monoisotopic (exact) mass is 207 g/mol. The van der Waals surface area contributed by atoms with Gasteiger partial charge in [-0.3, -0.25) is 4.72 Å². The van der Waals surface area contributed by atoms with Crippen molar-refractivity contribution in [3.8, 4) is 0 Å². The van der Waals surface area contributed by atoms with Crippen molar-refractivity contribution in [2.24, 2.45) is 0 Å². The predicted octanol–water partition coefficient (Wildman–Crippen LogP) is 1.93. The van der Waals surface area contributed by atoms with Crippen molar-refractivity contribution in [1.82, 2.24) is 4.72 Å². The molecule has 0 aliphatic carbocycles. The third-order valence-electron chi connectivity index (χ3n) is 0.783. The summed E-state index contributed by atoms with van der Waals surface area (Å²) in [6.45, 7) is 5.19. The van der Waals surface area contributed by atoms with Gasteiger partial charge in [-0.25, -0.2) is 9.59 Å².